The Morgan fingerprint density at radius 3 is 1.65 bits per heavy atom. The molecule has 0 spiro atoms. The summed E-state index contributed by atoms with van der Waals surface area (Å²) in [6.45, 7) is 0. The maximum absolute atomic E-state index is 12.0. The Morgan fingerprint density at radius 1 is 0.581 bits per heavy atom. The van der Waals surface area contributed by atoms with Crippen molar-refractivity contribution in [3.63, 3.8) is 0 Å². The minimum absolute atomic E-state index is 0.200. The smallest absolute Gasteiger partial charge is 0.337 e. The van der Waals surface area contributed by atoms with Gasteiger partial charge in [0.2, 0.25) is 0 Å². The van der Waals surface area contributed by atoms with Crippen molar-refractivity contribution in [2.45, 2.75) is 0 Å². The van der Waals surface area contributed by atoms with Crippen LogP contribution in [-0.2, 0) is 0 Å². The Hall–Kier alpha value is -4.24. The Balaban J connectivity index is 2.02. The van der Waals surface area contributed by atoms with Crippen LogP contribution >= 0.6 is 0 Å². The summed E-state index contributed by atoms with van der Waals surface area (Å²) in [7, 11) is 0. The predicted octanol–water partition coefficient (Wildman–Crippen LogP) is 6.93. The normalized spacial score (nSPS) is 10.8. The van der Waals surface area contributed by atoms with E-state index in [2.05, 4.69) is 24.3 Å². The number of rotatable bonds is 4. The molecule has 5 aromatic rings. The van der Waals surface area contributed by atoms with Gasteiger partial charge in [-0.1, -0.05) is 103 Å². The molecule has 0 aliphatic rings. The largest absolute Gasteiger partial charge is 0.478 e. The molecule has 4 aromatic carbocycles. The summed E-state index contributed by atoms with van der Waals surface area (Å²) in [5, 5.41) is 10.7. The molecule has 0 aliphatic carbocycles. The summed E-state index contributed by atoms with van der Waals surface area (Å²) >= 11 is 0. The van der Waals surface area contributed by atoms with Crippen molar-refractivity contribution in [2.75, 3.05) is 0 Å². The second kappa shape index (κ2) is 7.88. The van der Waals surface area contributed by atoms with Crippen molar-refractivity contribution in [1.82, 2.24) is 4.98 Å². The molecule has 31 heavy (non-hydrogen) atoms. The number of nitrogens with zero attached hydrogens (tertiary/aromatic N) is 1. The van der Waals surface area contributed by atoms with E-state index in [0.29, 0.717) is 5.52 Å². The number of carboxylic acid groups (broad SMARTS) is 1. The number of hydrogen-bond acceptors (Lipinski definition) is 2. The molecule has 148 valence electrons. The molecule has 0 atom stereocenters. The molecule has 0 amide bonds. The van der Waals surface area contributed by atoms with E-state index in [1.165, 1.54) is 0 Å². The van der Waals surface area contributed by atoms with E-state index in [1.54, 1.807) is 12.1 Å². The van der Waals surface area contributed by atoms with Crippen LogP contribution < -0.4 is 0 Å². The monoisotopic (exact) mass is 401 g/mol. The third kappa shape index (κ3) is 3.36. The van der Waals surface area contributed by atoms with Gasteiger partial charge >= 0.3 is 5.97 Å². The lowest BCUT2D eigenvalue weighted by Crippen LogP contribution is -2.02. The first kappa shape index (κ1) is 18.8. The average Bonchev–Trinajstić information content (AvgIpc) is 2.84. The lowest BCUT2D eigenvalue weighted by atomic mass is 9.87. The van der Waals surface area contributed by atoms with E-state index in [4.69, 9.17) is 4.98 Å². The molecule has 0 aliphatic heterocycles. The number of pyridine rings is 1. The predicted molar refractivity (Wildman–Crippen MR) is 125 cm³/mol. The van der Waals surface area contributed by atoms with Crippen LogP contribution in [0.25, 0.3) is 44.4 Å². The van der Waals surface area contributed by atoms with Gasteiger partial charge in [0.15, 0.2) is 0 Å². The minimum atomic E-state index is -0.983. The van der Waals surface area contributed by atoms with E-state index in [-0.39, 0.29) is 5.56 Å². The maximum Gasteiger partial charge on any atom is 0.337 e. The molecular weight excluding hydrogens is 382 g/mol. The minimum Gasteiger partial charge on any atom is -0.478 e. The molecule has 0 unspecified atom stereocenters. The molecule has 3 heteroatoms. The number of aromatic carboxylic acids is 1. The van der Waals surface area contributed by atoms with Gasteiger partial charge in [-0.3, -0.25) is 0 Å². The summed E-state index contributed by atoms with van der Waals surface area (Å²) in [4.78, 5) is 17.0. The molecule has 3 nitrogen and oxygen atoms in total. The average molecular weight is 401 g/mol. The fraction of sp³-hybridized carbons (Fsp3) is 0. The molecule has 0 saturated carbocycles. The van der Waals surface area contributed by atoms with Crippen molar-refractivity contribution >= 4 is 16.9 Å². The molecule has 0 radical (unpaired) electrons. The first-order chi connectivity index (χ1) is 15.2. The summed E-state index contributed by atoms with van der Waals surface area (Å²) in [6.07, 6.45) is 0. The number of para-hydroxylation sites is 1. The highest BCUT2D eigenvalue weighted by Gasteiger charge is 2.22. The van der Waals surface area contributed by atoms with Gasteiger partial charge in [0.25, 0.3) is 0 Å². The van der Waals surface area contributed by atoms with Crippen LogP contribution in [-0.4, -0.2) is 16.1 Å². The first-order valence-electron chi connectivity index (χ1n) is 10.1. The first-order valence-corrected chi connectivity index (χ1v) is 10.1. The van der Waals surface area contributed by atoms with E-state index >= 15 is 0 Å². The Labute approximate surface area is 180 Å². The van der Waals surface area contributed by atoms with E-state index < -0.39 is 5.97 Å². The van der Waals surface area contributed by atoms with Gasteiger partial charge in [0.05, 0.1) is 16.8 Å². The number of carbonyl (C=O) groups is 1. The second-order valence-electron chi connectivity index (χ2n) is 7.32. The summed E-state index contributed by atoms with van der Waals surface area (Å²) < 4.78 is 0. The summed E-state index contributed by atoms with van der Waals surface area (Å²) in [5.74, 6) is -0.983. The summed E-state index contributed by atoms with van der Waals surface area (Å²) in [5.41, 5.74) is 6.45. The molecule has 0 bridgehead atoms. The highest BCUT2D eigenvalue weighted by molar-refractivity contribution is 6.12. The fourth-order valence-corrected chi connectivity index (χ4v) is 4.05. The van der Waals surface area contributed by atoms with Gasteiger partial charge in [-0.15, -0.1) is 0 Å². The molecule has 5 rings (SSSR count). The van der Waals surface area contributed by atoms with Crippen molar-refractivity contribution < 1.29 is 9.90 Å². The quantitative estimate of drug-likeness (QED) is 0.355. The topological polar surface area (TPSA) is 50.2 Å². The third-order valence-electron chi connectivity index (χ3n) is 5.42. The maximum atomic E-state index is 12.0. The zero-order chi connectivity index (χ0) is 21.2. The fourth-order valence-electron chi connectivity index (χ4n) is 4.05. The number of fused-ring (bicyclic) bond motifs is 1. The molecule has 0 fully saturated rings. The summed E-state index contributed by atoms with van der Waals surface area (Å²) in [6, 6.07) is 35.6. The van der Waals surface area contributed by atoms with Crippen LogP contribution in [0, 0.1) is 0 Å². The Bertz CT molecular complexity index is 1380. The van der Waals surface area contributed by atoms with Crippen LogP contribution in [0.3, 0.4) is 0 Å². The lowest BCUT2D eigenvalue weighted by Gasteiger charge is -2.19. The molecule has 1 heterocycles. The standard InChI is InChI=1S/C28H19NO2/c30-28(31)23-18-10-17-22-24(19-11-4-1-5-12-19)25(20-13-6-2-7-14-20)26(29-27(22)23)21-15-8-3-9-16-21/h1-18H,(H,30,31). The van der Waals surface area contributed by atoms with Crippen LogP contribution in [0.1, 0.15) is 10.4 Å². The van der Waals surface area contributed by atoms with Crippen LogP contribution in [0.5, 0.6) is 0 Å². The van der Waals surface area contributed by atoms with Gasteiger partial charge < -0.3 is 5.11 Å². The molecular formula is C28H19NO2. The number of benzene rings is 4. The van der Waals surface area contributed by atoms with Gasteiger partial charge in [0, 0.05) is 22.1 Å². The zero-order valence-electron chi connectivity index (χ0n) is 16.7. The van der Waals surface area contributed by atoms with Crippen LogP contribution in [0.4, 0.5) is 0 Å². The Kier molecular flexibility index (Phi) is 4.77. The highest BCUT2D eigenvalue weighted by atomic mass is 16.4. The molecule has 0 saturated heterocycles. The number of carboxylic acids is 1. The Morgan fingerprint density at radius 2 is 1.10 bits per heavy atom. The van der Waals surface area contributed by atoms with E-state index in [0.717, 1.165) is 38.9 Å². The number of aromatic nitrogens is 1. The zero-order valence-corrected chi connectivity index (χ0v) is 16.7. The third-order valence-corrected chi connectivity index (χ3v) is 5.42. The van der Waals surface area contributed by atoms with Gasteiger partial charge in [0.1, 0.15) is 0 Å². The van der Waals surface area contributed by atoms with Gasteiger partial charge in [-0.2, -0.15) is 0 Å². The van der Waals surface area contributed by atoms with Crippen LogP contribution in [0.15, 0.2) is 109 Å². The lowest BCUT2D eigenvalue weighted by molar-refractivity contribution is 0.0699. The van der Waals surface area contributed by atoms with Crippen molar-refractivity contribution in [3.8, 4) is 33.5 Å². The molecule has 1 aromatic heterocycles. The van der Waals surface area contributed by atoms with E-state index in [9.17, 15) is 9.90 Å². The number of hydrogen-bond donors (Lipinski definition) is 1. The van der Waals surface area contributed by atoms with Crippen molar-refractivity contribution in [1.29, 1.82) is 0 Å². The molecule has 1 N–H and O–H groups in total. The van der Waals surface area contributed by atoms with Gasteiger partial charge in [-0.05, 0) is 17.2 Å². The van der Waals surface area contributed by atoms with Crippen molar-refractivity contribution in [3.05, 3.63) is 115 Å². The van der Waals surface area contributed by atoms with Gasteiger partial charge in [-0.25, -0.2) is 9.78 Å². The van der Waals surface area contributed by atoms with Crippen molar-refractivity contribution in [2.24, 2.45) is 0 Å². The second-order valence-corrected chi connectivity index (χ2v) is 7.32. The highest BCUT2D eigenvalue weighted by Crippen LogP contribution is 2.43. The van der Waals surface area contributed by atoms with Crippen LogP contribution in [0.2, 0.25) is 0 Å². The SMILES string of the molecule is O=C(O)c1cccc2c(-c3ccccc3)c(-c3ccccc3)c(-c3ccccc3)nc12. The van der Waals surface area contributed by atoms with E-state index in [1.807, 2.05) is 72.8 Å².